The molecule has 7 heteroatoms. The van der Waals surface area contributed by atoms with Gasteiger partial charge >= 0.3 is 0 Å². The number of amides is 1. The second kappa shape index (κ2) is 7.15. The summed E-state index contributed by atoms with van der Waals surface area (Å²) in [5, 5.41) is 8.01. The lowest BCUT2D eigenvalue weighted by Gasteiger charge is -2.03. The lowest BCUT2D eigenvalue weighted by molar-refractivity contribution is 0.0835. The summed E-state index contributed by atoms with van der Waals surface area (Å²) in [5.41, 5.74) is 4.91. The molecule has 27 heavy (non-hydrogen) atoms. The van der Waals surface area contributed by atoms with Gasteiger partial charge in [0.15, 0.2) is 5.82 Å². The largest absolute Gasteiger partial charge is 0.368 e. The number of H-pyrrole nitrogens is 1. The molecule has 142 valence electrons. The third-order valence-corrected chi connectivity index (χ3v) is 5.06. The summed E-state index contributed by atoms with van der Waals surface area (Å²) >= 11 is 0. The molecule has 0 spiro atoms. The number of aromatic amines is 1. The number of hydrogen-bond acceptors (Lipinski definition) is 5. The second-order valence-corrected chi connectivity index (χ2v) is 7.19. The van der Waals surface area contributed by atoms with Crippen LogP contribution in [0.15, 0.2) is 16.7 Å². The van der Waals surface area contributed by atoms with E-state index in [4.69, 9.17) is 9.26 Å². The van der Waals surface area contributed by atoms with E-state index in [0.29, 0.717) is 30.4 Å². The Morgan fingerprint density at radius 2 is 2.19 bits per heavy atom. The van der Waals surface area contributed by atoms with Crippen LogP contribution in [0.3, 0.4) is 0 Å². The number of ether oxygens (including phenoxy) is 1. The molecule has 4 rings (SSSR count). The van der Waals surface area contributed by atoms with Crippen molar-refractivity contribution in [3.63, 3.8) is 0 Å². The Balaban J connectivity index is 1.40. The van der Waals surface area contributed by atoms with Gasteiger partial charge in [-0.15, -0.1) is 0 Å². The van der Waals surface area contributed by atoms with Gasteiger partial charge in [0.2, 0.25) is 0 Å². The van der Waals surface area contributed by atoms with E-state index in [1.165, 1.54) is 5.56 Å². The van der Waals surface area contributed by atoms with Crippen LogP contribution in [-0.4, -0.2) is 34.2 Å². The molecule has 1 fully saturated rings. The van der Waals surface area contributed by atoms with Gasteiger partial charge in [0.25, 0.3) is 11.8 Å². The minimum atomic E-state index is -0.122. The van der Waals surface area contributed by atoms with Gasteiger partial charge in [0, 0.05) is 30.5 Å². The quantitative estimate of drug-likeness (QED) is 0.721. The van der Waals surface area contributed by atoms with Gasteiger partial charge in [-0.05, 0) is 50.8 Å². The van der Waals surface area contributed by atoms with Crippen LogP contribution in [0.5, 0.6) is 0 Å². The fourth-order valence-electron chi connectivity index (χ4n) is 3.66. The highest BCUT2D eigenvalue weighted by atomic mass is 16.5. The number of aromatic nitrogens is 3. The van der Waals surface area contributed by atoms with Crippen molar-refractivity contribution < 1.29 is 14.1 Å². The number of nitrogens with one attached hydrogen (secondary N) is 2. The highest BCUT2D eigenvalue weighted by molar-refractivity contribution is 6.01. The Morgan fingerprint density at radius 1 is 1.33 bits per heavy atom. The Kier molecular flexibility index (Phi) is 4.70. The Morgan fingerprint density at radius 3 is 2.96 bits per heavy atom. The molecular formula is C20H24N4O3. The van der Waals surface area contributed by atoms with Crippen molar-refractivity contribution in [2.75, 3.05) is 13.2 Å². The van der Waals surface area contributed by atoms with E-state index in [9.17, 15) is 4.79 Å². The predicted octanol–water partition coefficient (Wildman–Crippen LogP) is 3.30. The van der Waals surface area contributed by atoms with Crippen LogP contribution in [0.4, 0.5) is 0 Å². The summed E-state index contributed by atoms with van der Waals surface area (Å²) in [5.74, 6) is 0.996. The molecule has 1 amide bonds. The van der Waals surface area contributed by atoms with Crippen LogP contribution in [0, 0.1) is 20.8 Å². The fourth-order valence-corrected chi connectivity index (χ4v) is 3.66. The molecule has 0 saturated carbocycles. The van der Waals surface area contributed by atoms with Crippen LogP contribution in [0.25, 0.3) is 10.9 Å². The van der Waals surface area contributed by atoms with Crippen molar-refractivity contribution in [3.05, 3.63) is 46.2 Å². The molecule has 0 unspecified atom stereocenters. The minimum Gasteiger partial charge on any atom is -0.368 e. The monoisotopic (exact) mass is 368 g/mol. The van der Waals surface area contributed by atoms with Gasteiger partial charge in [-0.2, -0.15) is 4.98 Å². The average Bonchev–Trinajstić information content (AvgIpc) is 3.35. The van der Waals surface area contributed by atoms with Crippen molar-refractivity contribution >= 4 is 16.8 Å². The number of carbonyl (C=O) groups is 1. The van der Waals surface area contributed by atoms with Crippen LogP contribution in [0.1, 0.15) is 57.8 Å². The first-order chi connectivity index (χ1) is 13.0. The molecule has 1 aromatic carbocycles. The Labute approximate surface area is 157 Å². The third-order valence-electron chi connectivity index (χ3n) is 5.06. The topological polar surface area (TPSA) is 93.0 Å². The molecular weight excluding hydrogens is 344 g/mol. The molecule has 0 aliphatic carbocycles. The first kappa shape index (κ1) is 17.7. The molecule has 3 heterocycles. The number of nitrogens with zero attached hydrogens (tertiary/aromatic N) is 2. The number of aryl methyl sites for hydroxylation is 3. The summed E-state index contributed by atoms with van der Waals surface area (Å²) in [6.07, 6.45) is 2.36. The van der Waals surface area contributed by atoms with E-state index in [0.717, 1.165) is 41.5 Å². The van der Waals surface area contributed by atoms with Gasteiger partial charge in [0.1, 0.15) is 11.8 Å². The molecule has 7 nitrogen and oxygen atoms in total. The first-order valence-corrected chi connectivity index (χ1v) is 9.34. The lowest BCUT2D eigenvalue weighted by atomic mass is 10.1. The third kappa shape index (κ3) is 3.47. The van der Waals surface area contributed by atoms with Gasteiger partial charge in [0.05, 0.1) is 0 Å². The van der Waals surface area contributed by atoms with E-state index in [2.05, 4.69) is 46.4 Å². The average molecular weight is 368 g/mol. The van der Waals surface area contributed by atoms with E-state index in [-0.39, 0.29) is 12.0 Å². The summed E-state index contributed by atoms with van der Waals surface area (Å²) in [4.78, 5) is 20.3. The van der Waals surface area contributed by atoms with Gasteiger partial charge in [-0.25, -0.2) is 0 Å². The zero-order valence-electron chi connectivity index (χ0n) is 15.9. The SMILES string of the molecule is Cc1cc(C)c2[nH]c(C(=O)NCCc3noc([C@H]4CCCO4)n3)c(C)c2c1. The molecule has 3 aromatic rings. The van der Waals surface area contributed by atoms with Crippen molar-refractivity contribution in [1.82, 2.24) is 20.4 Å². The zero-order valence-corrected chi connectivity index (χ0v) is 15.9. The normalized spacial score (nSPS) is 16.9. The van der Waals surface area contributed by atoms with Crippen LogP contribution >= 0.6 is 0 Å². The van der Waals surface area contributed by atoms with Crippen molar-refractivity contribution in [2.45, 2.75) is 46.1 Å². The van der Waals surface area contributed by atoms with Crippen molar-refractivity contribution in [1.29, 1.82) is 0 Å². The zero-order chi connectivity index (χ0) is 19.0. The predicted molar refractivity (Wildman–Crippen MR) is 101 cm³/mol. The number of benzene rings is 1. The Hall–Kier alpha value is -2.67. The van der Waals surface area contributed by atoms with E-state index >= 15 is 0 Å². The standard InChI is InChI=1S/C20H24N4O3/c1-11-9-12(2)17-14(10-11)13(3)18(23-17)19(25)21-7-6-16-22-20(27-24-16)15-5-4-8-26-15/h9-10,15,23H,4-8H2,1-3H3,(H,21,25)/t15-/m1/s1. The minimum absolute atomic E-state index is 0.0819. The molecule has 1 saturated heterocycles. The van der Waals surface area contributed by atoms with Crippen LogP contribution in [0.2, 0.25) is 0 Å². The molecule has 0 radical (unpaired) electrons. The molecule has 1 aliphatic heterocycles. The van der Waals surface area contributed by atoms with Crippen molar-refractivity contribution in [2.24, 2.45) is 0 Å². The van der Waals surface area contributed by atoms with E-state index < -0.39 is 0 Å². The number of rotatable bonds is 5. The van der Waals surface area contributed by atoms with Gasteiger partial charge < -0.3 is 19.6 Å². The maximum Gasteiger partial charge on any atom is 0.268 e. The summed E-state index contributed by atoms with van der Waals surface area (Å²) < 4.78 is 10.8. The number of carbonyl (C=O) groups excluding carboxylic acids is 1. The highest BCUT2D eigenvalue weighted by Crippen LogP contribution is 2.27. The van der Waals surface area contributed by atoms with E-state index in [1.807, 2.05) is 6.92 Å². The smallest absolute Gasteiger partial charge is 0.268 e. The molecule has 2 aromatic heterocycles. The molecule has 0 bridgehead atoms. The second-order valence-electron chi connectivity index (χ2n) is 7.19. The maximum atomic E-state index is 12.6. The number of hydrogen-bond donors (Lipinski definition) is 2. The summed E-state index contributed by atoms with van der Waals surface area (Å²) in [7, 11) is 0. The number of fused-ring (bicyclic) bond motifs is 1. The van der Waals surface area contributed by atoms with Crippen molar-refractivity contribution in [3.8, 4) is 0 Å². The first-order valence-electron chi connectivity index (χ1n) is 9.34. The highest BCUT2D eigenvalue weighted by Gasteiger charge is 2.24. The van der Waals surface area contributed by atoms with Crippen LogP contribution in [-0.2, 0) is 11.2 Å². The molecule has 1 aliphatic rings. The summed E-state index contributed by atoms with van der Waals surface area (Å²) in [6.45, 7) is 7.26. The van der Waals surface area contributed by atoms with E-state index in [1.54, 1.807) is 0 Å². The molecule has 1 atom stereocenters. The maximum absolute atomic E-state index is 12.6. The Bertz CT molecular complexity index is 983. The van der Waals surface area contributed by atoms with Crippen LogP contribution < -0.4 is 5.32 Å². The lowest BCUT2D eigenvalue weighted by Crippen LogP contribution is -2.26. The van der Waals surface area contributed by atoms with Gasteiger partial charge in [-0.3, -0.25) is 4.79 Å². The summed E-state index contributed by atoms with van der Waals surface area (Å²) in [6, 6.07) is 4.22. The molecule has 2 N–H and O–H groups in total. The van der Waals surface area contributed by atoms with Gasteiger partial charge in [-0.1, -0.05) is 16.8 Å². The fraction of sp³-hybridized carbons (Fsp3) is 0.450.